The molecule has 1 unspecified atom stereocenters. The maximum Gasteiger partial charge on any atom is 0.306 e. The highest BCUT2D eigenvalue weighted by Gasteiger charge is 2.17. The van der Waals surface area contributed by atoms with Crippen molar-refractivity contribution >= 4 is 11.9 Å². The molecule has 0 aliphatic carbocycles. The van der Waals surface area contributed by atoms with Crippen LogP contribution < -0.4 is 0 Å². The van der Waals surface area contributed by atoms with E-state index in [1.165, 1.54) is 89.9 Å². The zero-order valence-corrected chi connectivity index (χ0v) is 41.8. The van der Waals surface area contributed by atoms with Gasteiger partial charge < -0.3 is 14.2 Å². The largest absolute Gasteiger partial charge is 0.462 e. The van der Waals surface area contributed by atoms with E-state index in [-0.39, 0.29) is 31.6 Å². The van der Waals surface area contributed by atoms with Gasteiger partial charge in [0.15, 0.2) is 6.10 Å². The lowest BCUT2D eigenvalue weighted by Crippen LogP contribution is -2.30. The lowest BCUT2D eigenvalue weighted by Gasteiger charge is -2.18. The molecule has 0 saturated heterocycles. The van der Waals surface area contributed by atoms with Crippen LogP contribution in [0.1, 0.15) is 226 Å². The Morgan fingerprint density at radius 1 is 0.359 bits per heavy atom. The van der Waals surface area contributed by atoms with Crippen molar-refractivity contribution in [2.24, 2.45) is 0 Å². The predicted molar refractivity (Wildman–Crippen MR) is 279 cm³/mol. The average Bonchev–Trinajstić information content (AvgIpc) is 3.30. The smallest absolute Gasteiger partial charge is 0.306 e. The zero-order chi connectivity index (χ0) is 46.3. The van der Waals surface area contributed by atoms with Crippen molar-refractivity contribution < 1.29 is 23.8 Å². The standard InChI is InChI=1S/C59H98O5/c1-4-7-10-13-16-19-22-25-27-28-29-30-31-33-36-39-42-45-48-51-54-62-55-57(64-59(61)53-50-47-44-41-38-34-24-21-18-15-12-9-6-3)56-63-58(60)52-49-46-43-40-37-35-32-26-23-20-17-14-11-8-5-2/h7,9-10,12,16,18-19,21,25-27,29-30,32,34,38,44,47,57H,4-6,8,11,13-15,17,20,22-24,28,31,33,35-37,39-43,45-46,48-56H2,1-3H3/b10-7-,12-9-,19-16-,21-18-,27-25-,30-29-,32-26-,38-34-,47-44-. The van der Waals surface area contributed by atoms with Crippen molar-refractivity contribution in [2.75, 3.05) is 19.8 Å². The van der Waals surface area contributed by atoms with Crippen LogP contribution >= 0.6 is 0 Å². The Hall–Kier alpha value is -3.44. The first kappa shape index (κ1) is 60.6. The number of hydrogen-bond donors (Lipinski definition) is 0. The molecule has 5 heteroatoms. The molecule has 0 aromatic rings. The van der Waals surface area contributed by atoms with E-state index in [1.54, 1.807) is 0 Å². The number of carbonyl (C=O) groups excluding carboxylic acids is 2. The number of hydrogen-bond acceptors (Lipinski definition) is 5. The van der Waals surface area contributed by atoms with Crippen molar-refractivity contribution in [3.8, 4) is 0 Å². The van der Waals surface area contributed by atoms with Crippen molar-refractivity contribution in [3.63, 3.8) is 0 Å². The highest BCUT2D eigenvalue weighted by atomic mass is 16.6. The van der Waals surface area contributed by atoms with Gasteiger partial charge in [-0.05, 0) is 109 Å². The molecule has 0 aromatic heterocycles. The molecule has 0 aliphatic rings. The third-order valence-electron chi connectivity index (χ3n) is 10.8. The van der Waals surface area contributed by atoms with E-state index < -0.39 is 6.10 Å². The quantitative estimate of drug-likeness (QED) is 0.0346. The molecule has 0 fully saturated rings. The van der Waals surface area contributed by atoms with Crippen LogP contribution in [0.5, 0.6) is 0 Å². The van der Waals surface area contributed by atoms with Gasteiger partial charge in [0, 0.05) is 19.4 Å². The van der Waals surface area contributed by atoms with E-state index in [1.807, 2.05) is 6.08 Å². The van der Waals surface area contributed by atoms with Crippen molar-refractivity contribution in [1.82, 2.24) is 0 Å². The van der Waals surface area contributed by atoms with Crippen molar-refractivity contribution in [2.45, 2.75) is 232 Å². The van der Waals surface area contributed by atoms with Gasteiger partial charge in [0.1, 0.15) is 6.61 Å². The van der Waals surface area contributed by atoms with E-state index >= 15 is 0 Å². The second kappa shape index (κ2) is 53.9. The fourth-order valence-electron chi connectivity index (χ4n) is 6.92. The molecule has 0 N–H and O–H groups in total. The van der Waals surface area contributed by atoms with Crippen LogP contribution in [-0.2, 0) is 23.8 Å². The van der Waals surface area contributed by atoms with Crippen molar-refractivity contribution in [1.29, 1.82) is 0 Å². The van der Waals surface area contributed by atoms with E-state index in [2.05, 4.69) is 124 Å². The Kier molecular flexibility index (Phi) is 51.0. The molecule has 364 valence electrons. The first-order valence-electron chi connectivity index (χ1n) is 26.4. The van der Waals surface area contributed by atoms with Gasteiger partial charge in [-0.15, -0.1) is 0 Å². The van der Waals surface area contributed by atoms with Gasteiger partial charge in [-0.25, -0.2) is 0 Å². The van der Waals surface area contributed by atoms with Crippen LogP contribution in [0.4, 0.5) is 0 Å². The number of rotatable bonds is 47. The summed E-state index contributed by atoms with van der Waals surface area (Å²) in [7, 11) is 0. The summed E-state index contributed by atoms with van der Waals surface area (Å²) in [5.41, 5.74) is 0. The van der Waals surface area contributed by atoms with Crippen LogP contribution in [-0.4, -0.2) is 37.9 Å². The molecule has 0 heterocycles. The minimum absolute atomic E-state index is 0.0422. The zero-order valence-electron chi connectivity index (χ0n) is 41.8. The number of allylic oxidation sites excluding steroid dienone is 18. The minimum atomic E-state index is -0.590. The number of carbonyl (C=O) groups is 2. The topological polar surface area (TPSA) is 61.8 Å². The summed E-state index contributed by atoms with van der Waals surface area (Å²) in [6.07, 6.45) is 74.0. The molecule has 0 saturated carbocycles. The highest BCUT2D eigenvalue weighted by molar-refractivity contribution is 5.70. The SMILES string of the molecule is CC/C=C\C/C=C\C/C=C\C/C=C\CCCCCCCCCOCC(COC(=O)CCCCCCC/C=C\CCCCCCCC)OC(=O)CC/C=C\C/C=C\C/C=C\C/C=C\CC. The normalized spacial score (nSPS) is 13.1. The Balaban J connectivity index is 4.37. The molecular formula is C59H98O5. The van der Waals surface area contributed by atoms with E-state index in [9.17, 15) is 9.59 Å². The lowest BCUT2D eigenvalue weighted by molar-refractivity contribution is -0.162. The van der Waals surface area contributed by atoms with E-state index in [4.69, 9.17) is 14.2 Å². The second-order valence-electron chi connectivity index (χ2n) is 17.0. The molecule has 0 amide bonds. The van der Waals surface area contributed by atoms with Crippen LogP contribution in [0.3, 0.4) is 0 Å². The van der Waals surface area contributed by atoms with Gasteiger partial charge in [-0.1, -0.05) is 214 Å². The molecule has 0 radical (unpaired) electrons. The third kappa shape index (κ3) is 51.2. The summed E-state index contributed by atoms with van der Waals surface area (Å²) < 4.78 is 17.3. The van der Waals surface area contributed by atoms with Crippen LogP contribution in [0.2, 0.25) is 0 Å². The fraction of sp³-hybridized carbons (Fsp3) is 0.661. The molecule has 0 bridgehead atoms. The Morgan fingerprint density at radius 2 is 0.734 bits per heavy atom. The summed E-state index contributed by atoms with van der Waals surface area (Å²) in [5, 5.41) is 0. The van der Waals surface area contributed by atoms with Gasteiger partial charge >= 0.3 is 11.9 Å². The van der Waals surface area contributed by atoms with Gasteiger partial charge in [-0.3, -0.25) is 9.59 Å². The Morgan fingerprint density at radius 3 is 1.20 bits per heavy atom. The maximum absolute atomic E-state index is 12.8. The van der Waals surface area contributed by atoms with Gasteiger partial charge in [0.2, 0.25) is 0 Å². The maximum atomic E-state index is 12.8. The first-order valence-corrected chi connectivity index (χ1v) is 26.4. The highest BCUT2D eigenvalue weighted by Crippen LogP contribution is 2.13. The number of esters is 2. The molecule has 1 atom stereocenters. The second-order valence-corrected chi connectivity index (χ2v) is 17.0. The third-order valence-corrected chi connectivity index (χ3v) is 10.8. The predicted octanol–water partition coefficient (Wildman–Crippen LogP) is 18.0. The molecule has 0 spiro atoms. The summed E-state index contributed by atoms with van der Waals surface area (Å²) in [6.45, 7) is 7.48. The van der Waals surface area contributed by atoms with Crippen LogP contribution in [0.25, 0.3) is 0 Å². The first-order chi connectivity index (χ1) is 31.6. The summed E-state index contributed by atoms with van der Waals surface area (Å²) in [5.74, 6) is -0.511. The average molecular weight is 887 g/mol. The van der Waals surface area contributed by atoms with E-state index in [0.717, 1.165) is 96.3 Å². The fourth-order valence-corrected chi connectivity index (χ4v) is 6.92. The summed E-state index contributed by atoms with van der Waals surface area (Å²) >= 11 is 0. The monoisotopic (exact) mass is 887 g/mol. The lowest BCUT2D eigenvalue weighted by atomic mass is 10.1. The summed E-state index contributed by atoms with van der Waals surface area (Å²) in [4.78, 5) is 25.4. The van der Waals surface area contributed by atoms with Crippen LogP contribution in [0.15, 0.2) is 109 Å². The number of unbranched alkanes of at least 4 members (excludes halogenated alkanes) is 18. The molecule has 0 rings (SSSR count). The van der Waals surface area contributed by atoms with Crippen LogP contribution in [0, 0.1) is 0 Å². The summed E-state index contributed by atoms with van der Waals surface area (Å²) in [6, 6.07) is 0. The molecule has 0 aliphatic heterocycles. The minimum Gasteiger partial charge on any atom is -0.462 e. The molecule has 64 heavy (non-hydrogen) atoms. The Labute approximate surface area is 395 Å². The van der Waals surface area contributed by atoms with Gasteiger partial charge in [-0.2, -0.15) is 0 Å². The molecule has 0 aromatic carbocycles. The van der Waals surface area contributed by atoms with Crippen molar-refractivity contribution in [3.05, 3.63) is 109 Å². The van der Waals surface area contributed by atoms with Gasteiger partial charge in [0.05, 0.1) is 6.61 Å². The van der Waals surface area contributed by atoms with E-state index in [0.29, 0.717) is 19.4 Å². The molecule has 5 nitrogen and oxygen atoms in total. The molecular weight excluding hydrogens is 789 g/mol. The number of ether oxygens (including phenoxy) is 3. The van der Waals surface area contributed by atoms with Gasteiger partial charge in [0.25, 0.3) is 0 Å². The Bertz CT molecular complexity index is 1280.